The summed E-state index contributed by atoms with van der Waals surface area (Å²) in [5.74, 6) is 0.131. The van der Waals surface area contributed by atoms with Crippen LogP contribution in [0.25, 0.3) is 0 Å². The fourth-order valence-corrected chi connectivity index (χ4v) is 3.44. The van der Waals surface area contributed by atoms with Crippen molar-refractivity contribution in [1.29, 1.82) is 0 Å². The molecule has 140 valence electrons. The van der Waals surface area contributed by atoms with Crippen LogP contribution in [0.2, 0.25) is 0 Å². The number of amides is 1. The third-order valence-electron chi connectivity index (χ3n) is 5.26. The number of rotatable bonds is 8. The van der Waals surface area contributed by atoms with E-state index in [9.17, 15) is 4.79 Å². The van der Waals surface area contributed by atoms with Crippen LogP contribution in [-0.4, -0.2) is 74.2 Å². The maximum Gasteiger partial charge on any atom is 0.237 e. The summed E-state index contributed by atoms with van der Waals surface area (Å²) in [5.41, 5.74) is 2.58. The molecule has 1 saturated heterocycles. The highest BCUT2D eigenvalue weighted by molar-refractivity contribution is 5.81. The van der Waals surface area contributed by atoms with Crippen LogP contribution in [0.1, 0.15) is 25.0 Å². The molecule has 1 amide bonds. The molecular weight excluding hydrogens is 314 g/mol. The molecule has 2 rings (SSSR count). The molecule has 1 fully saturated rings. The number of methoxy groups -OCH3 is 1. The van der Waals surface area contributed by atoms with Gasteiger partial charge in [0.15, 0.2) is 0 Å². The maximum absolute atomic E-state index is 12.5. The van der Waals surface area contributed by atoms with E-state index in [0.717, 1.165) is 39.2 Å². The number of hydrogen-bond acceptors (Lipinski definition) is 4. The van der Waals surface area contributed by atoms with Crippen molar-refractivity contribution in [3.8, 4) is 0 Å². The number of hydrogen-bond donors (Lipinski definition) is 1. The van der Waals surface area contributed by atoms with Gasteiger partial charge in [-0.3, -0.25) is 14.6 Å². The van der Waals surface area contributed by atoms with Gasteiger partial charge in [0.2, 0.25) is 5.91 Å². The van der Waals surface area contributed by atoms with Gasteiger partial charge < -0.3 is 10.1 Å². The number of aryl methyl sites for hydroxylation is 1. The first-order chi connectivity index (χ1) is 12.0. The van der Waals surface area contributed by atoms with Crippen LogP contribution >= 0.6 is 0 Å². The number of carbonyl (C=O) groups excluding carboxylic acids is 1. The first kappa shape index (κ1) is 19.9. The molecule has 1 N–H and O–H groups in total. The monoisotopic (exact) mass is 347 g/mol. The number of nitrogens with one attached hydrogen (secondary N) is 1. The lowest BCUT2D eigenvalue weighted by molar-refractivity contribution is -0.127. The predicted molar refractivity (Wildman–Crippen MR) is 102 cm³/mol. The fourth-order valence-electron chi connectivity index (χ4n) is 3.44. The van der Waals surface area contributed by atoms with E-state index in [1.807, 2.05) is 13.0 Å². The molecule has 0 saturated carbocycles. The minimum atomic E-state index is -0.0797. The summed E-state index contributed by atoms with van der Waals surface area (Å²) in [6.07, 6.45) is 0.881. The summed E-state index contributed by atoms with van der Waals surface area (Å²) in [5, 5.41) is 3.10. The molecule has 1 aliphatic rings. The first-order valence-electron chi connectivity index (χ1n) is 9.32. The zero-order valence-corrected chi connectivity index (χ0v) is 16.1. The van der Waals surface area contributed by atoms with E-state index < -0.39 is 0 Å². The first-order valence-corrected chi connectivity index (χ1v) is 9.32. The molecule has 1 aromatic rings. The lowest BCUT2D eigenvalue weighted by Crippen LogP contribution is -2.57. The van der Waals surface area contributed by atoms with E-state index >= 15 is 0 Å². The van der Waals surface area contributed by atoms with Crippen LogP contribution < -0.4 is 5.32 Å². The largest absolute Gasteiger partial charge is 0.383 e. The van der Waals surface area contributed by atoms with Gasteiger partial charge in [0, 0.05) is 45.9 Å². The summed E-state index contributed by atoms with van der Waals surface area (Å²) in [7, 11) is 1.74. The van der Waals surface area contributed by atoms with Crippen molar-refractivity contribution >= 4 is 5.91 Å². The molecule has 0 radical (unpaired) electrons. The average molecular weight is 348 g/mol. The smallest absolute Gasteiger partial charge is 0.237 e. The van der Waals surface area contributed by atoms with Crippen LogP contribution in [0.3, 0.4) is 0 Å². The van der Waals surface area contributed by atoms with Crippen molar-refractivity contribution in [1.82, 2.24) is 15.1 Å². The molecular formula is C20H33N3O2. The van der Waals surface area contributed by atoms with Crippen molar-refractivity contribution in [2.75, 3.05) is 46.4 Å². The second kappa shape index (κ2) is 9.90. The number of benzene rings is 1. The Bertz CT molecular complexity index is 549. The fraction of sp³-hybridized carbons (Fsp3) is 0.650. The standard InChI is InChI=1S/C20H33N3O2/c1-16-7-5-6-8-19(16)9-10-21-20(24)18(3)23-12-11-22(13-14-25-4)17(2)15-23/h5-8,17-18H,9-15H2,1-4H3,(H,21,24)/t17-,18-/m0/s1. The molecule has 5 nitrogen and oxygen atoms in total. The Hall–Kier alpha value is -1.43. The van der Waals surface area contributed by atoms with E-state index in [4.69, 9.17) is 4.74 Å². The van der Waals surface area contributed by atoms with E-state index in [-0.39, 0.29) is 11.9 Å². The highest BCUT2D eigenvalue weighted by atomic mass is 16.5. The third kappa shape index (κ3) is 5.80. The van der Waals surface area contributed by atoms with Crippen molar-refractivity contribution in [2.24, 2.45) is 0 Å². The summed E-state index contributed by atoms with van der Waals surface area (Å²) in [6.45, 7) is 11.6. The van der Waals surface area contributed by atoms with Crippen molar-refractivity contribution in [2.45, 2.75) is 39.3 Å². The zero-order valence-electron chi connectivity index (χ0n) is 16.1. The van der Waals surface area contributed by atoms with Crippen molar-refractivity contribution in [3.63, 3.8) is 0 Å². The molecule has 2 atom stereocenters. The Kier molecular flexibility index (Phi) is 7.88. The Morgan fingerprint density at radius 2 is 2.12 bits per heavy atom. The Labute approximate surface area is 152 Å². The quantitative estimate of drug-likeness (QED) is 0.777. The molecule has 0 aromatic heterocycles. The molecule has 0 bridgehead atoms. The van der Waals surface area contributed by atoms with Gasteiger partial charge in [-0.05, 0) is 38.3 Å². The van der Waals surface area contributed by atoms with Crippen molar-refractivity contribution < 1.29 is 9.53 Å². The van der Waals surface area contributed by atoms with Gasteiger partial charge in [0.1, 0.15) is 0 Å². The van der Waals surface area contributed by atoms with Crippen LogP contribution in [-0.2, 0) is 16.0 Å². The minimum Gasteiger partial charge on any atom is -0.383 e. The van der Waals surface area contributed by atoms with Gasteiger partial charge in [0.25, 0.3) is 0 Å². The number of nitrogens with zero attached hydrogens (tertiary/aromatic N) is 2. The molecule has 0 aliphatic carbocycles. The second-order valence-corrected chi connectivity index (χ2v) is 7.02. The Morgan fingerprint density at radius 3 is 2.80 bits per heavy atom. The Balaban J connectivity index is 1.75. The summed E-state index contributed by atoms with van der Waals surface area (Å²) >= 11 is 0. The van der Waals surface area contributed by atoms with Gasteiger partial charge in [-0.25, -0.2) is 0 Å². The van der Waals surface area contributed by atoms with Crippen LogP contribution in [0.4, 0.5) is 0 Å². The predicted octanol–water partition coefficient (Wildman–Crippen LogP) is 1.69. The van der Waals surface area contributed by atoms with Crippen LogP contribution in [0.5, 0.6) is 0 Å². The normalized spacial score (nSPS) is 20.4. The molecule has 1 aliphatic heterocycles. The number of piperazine rings is 1. The summed E-state index contributed by atoms with van der Waals surface area (Å²) in [6, 6.07) is 8.72. The van der Waals surface area contributed by atoms with Gasteiger partial charge in [0.05, 0.1) is 12.6 Å². The lowest BCUT2D eigenvalue weighted by Gasteiger charge is -2.41. The highest BCUT2D eigenvalue weighted by Crippen LogP contribution is 2.12. The molecule has 5 heteroatoms. The zero-order chi connectivity index (χ0) is 18.2. The third-order valence-corrected chi connectivity index (χ3v) is 5.26. The molecule has 1 heterocycles. The SMILES string of the molecule is COCCN1CCN([C@@H](C)C(=O)NCCc2ccccc2C)C[C@@H]1C. The van der Waals surface area contributed by atoms with Crippen LogP contribution in [0.15, 0.2) is 24.3 Å². The number of ether oxygens (including phenoxy) is 1. The lowest BCUT2D eigenvalue weighted by atomic mass is 10.1. The van der Waals surface area contributed by atoms with Gasteiger partial charge in [-0.15, -0.1) is 0 Å². The van der Waals surface area contributed by atoms with Gasteiger partial charge in [-0.1, -0.05) is 24.3 Å². The maximum atomic E-state index is 12.5. The van der Waals surface area contributed by atoms with E-state index in [0.29, 0.717) is 12.6 Å². The summed E-state index contributed by atoms with van der Waals surface area (Å²) < 4.78 is 5.18. The average Bonchev–Trinajstić information content (AvgIpc) is 2.61. The highest BCUT2D eigenvalue weighted by Gasteiger charge is 2.29. The van der Waals surface area contributed by atoms with Crippen molar-refractivity contribution in [3.05, 3.63) is 35.4 Å². The molecule has 0 spiro atoms. The second-order valence-electron chi connectivity index (χ2n) is 7.02. The molecule has 1 aromatic carbocycles. The summed E-state index contributed by atoms with van der Waals surface area (Å²) in [4.78, 5) is 17.2. The minimum absolute atomic E-state index is 0.0797. The van der Waals surface area contributed by atoms with E-state index in [2.05, 4.69) is 47.2 Å². The van der Waals surface area contributed by atoms with Gasteiger partial charge in [-0.2, -0.15) is 0 Å². The van der Waals surface area contributed by atoms with E-state index in [1.165, 1.54) is 11.1 Å². The molecule has 0 unspecified atom stereocenters. The Morgan fingerprint density at radius 1 is 1.36 bits per heavy atom. The van der Waals surface area contributed by atoms with E-state index in [1.54, 1.807) is 7.11 Å². The molecule has 25 heavy (non-hydrogen) atoms. The topological polar surface area (TPSA) is 44.8 Å². The number of carbonyl (C=O) groups is 1. The van der Waals surface area contributed by atoms with Gasteiger partial charge >= 0.3 is 0 Å². The van der Waals surface area contributed by atoms with Crippen LogP contribution in [0, 0.1) is 6.92 Å².